The number of rotatable bonds is 4. The van der Waals surface area contributed by atoms with E-state index in [9.17, 15) is 10.1 Å². The Balaban J connectivity index is 2.13. The summed E-state index contributed by atoms with van der Waals surface area (Å²) >= 11 is 5.96. The molecule has 20 heavy (non-hydrogen) atoms. The highest BCUT2D eigenvalue weighted by Gasteiger charge is 2.24. The van der Waals surface area contributed by atoms with Gasteiger partial charge >= 0.3 is 0 Å². The van der Waals surface area contributed by atoms with Crippen molar-refractivity contribution in [3.8, 4) is 0 Å². The fourth-order valence-electron chi connectivity index (χ4n) is 2.76. The van der Waals surface area contributed by atoms with Crippen LogP contribution in [0.4, 0.5) is 5.69 Å². The minimum Gasteiger partial charge on any atom is -0.328 e. The van der Waals surface area contributed by atoms with Gasteiger partial charge in [-0.25, -0.2) is 0 Å². The SMILES string of the molecule is CC(N)C1CCCN(Cc2cc(Cl)ccc2[N+](=O)[O-])C1. The van der Waals surface area contributed by atoms with Crippen LogP contribution in [-0.2, 0) is 6.54 Å². The fourth-order valence-corrected chi connectivity index (χ4v) is 2.96. The van der Waals surface area contributed by atoms with Gasteiger partial charge in [0.15, 0.2) is 0 Å². The van der Waals surface area contributed by atoms with Crippen LogP contribution in [0.1, 0.15) is 25.3 Å². The molecule has 5 nitrogen and oxygen atoms in total. The summed E-state index contributed by atoms with van der Waals surface area (Å²) in [5.74, 6) is 0.460. The first-order valence-corrected chi connectivity index (χ1v) is 7.26. The molecule has 1 saturated heterocycles. The van der Waals surface area contributed by atoms with Crippen LogP contribution in [0.3, 0.4) is 0 Å². The Morgan fingerprint density at radius 2 is 2.35 bits per heavy atom. The Bertz CT molecular complexity index is 493. The highest BCUT2D eigenvalue weighted by Crippen LogP contribution is 2.26. The molecule has 2 N–H and O–H groups in total. The number of halogens is 1. The lowest BCUT2D eigenvalue weighted by Gasteiger charge is -2.34. The predicted molar refractivity (Wildman–Crippen MR) is 79.8 cm³/mol. The number of nitrogens with two attached hydrogens (primary N) is 1. The lowest BCUT2D eigenvalue weighted by Crippen LogP contribution is -2.42. The van der Waals surface area contributed by atoms with E-state index in [0.29, 0.717) is 23.0 Å². The van der Waals surface area contributed by atoms with Crippen molar-refractivity contribution >= 4 is 17.3 Å². The van der Waals surface area contributed by atoms with E-state index in [4.69, 9.17) is 17.3 Å². The Labute approximate surface area is 123 Å². The maximum absolute atomic E-state index is 11.1. The first-order chi connectivity index (χ1) is 9.47. The number of hydrogen-bond donors (Lipinski definition) is 1. The Kier molecular flexibility index (Phi) is 4.96. The van der Waals surface area contributed by atoms with Crippen molar-refractivity contribution in [2.75, 3.05) is 13.1 Å². The van der Waals surface area contributed by atoms with E-state index in [1.165, 1.54) is 6.07 Å². The second-order valence-electron chi connectivity index (χ2n) is 5.53. The van der Waals surface area contributed by atoms with Gasteiger partial charge in [0, 0.05) is 35.8 Å². The molecule has 1 fully saturated rings. The number of benzene rings is 1. The van der Waals surface area contributed by atoms with Crippen molar-refractivity contribution in [1.29, 1.82) is 0 Å². The molecule has 2 rings (SSSR count). The summed E-state index contributed by atoms with van der Waals surface area (Å²) < 4.78 is 0. The van der Waals surface area contributed by atoms with Gasteiger partial charge < -0.3 is 5.73 Å². The maximum atomic E-state index is 11.1. The van der Waals surface area contributed by atoms with E-state index in [0.717, 1.165) is 25.9 Å². The van der Waals surface area contributed by atoms with Crippen molar-refractivity contribution in [2.45, 2.75) is 32.4 Å². The molecule has 0 saturated carbocycles. The van der Waals surface area contributed by atoms with Crippen LogP contribution in [-0.4, -0.2) is 29.0 Å². The minimum absolute atomic E-state index is 0.136. The third kappa shape index (κ3) is 3.69. The number of nitro groups is 1. The van der Waals surface area contributed by atoms with Gasteiger partial charge in [-0.2, -0.15) is 0 Å². The number of nitro benzene ring substituents is 1. The van der Waals surface area contributed by atoms with Crippen LogP contribution in [0.2, 0.25) is 5.02 Å². The van der Waals surface area contributed by atoms with E-state index in [1.807, 2.05) is 6.92 Å². The summed E-state index contributed by atoms with van der Waals surface area (Å²) in [6.45, 7) is 4.42. The van der Waals surface area contributed by atoms with Crippen LogP contribution in [0.15, 0.2) is 18.2 Å². The molecule has 1 aromatic rings. The molecule has 1 heterocycles. The third-order valence-corrected chi connectivity index (χ3v) is 4.15. The van der Waals surface area contributed by atoms with Crippen molar-refractivity contribution in [2.24, 2.45) is 11.7 Å². The summed E-state index contributed by atoms with van der Waals surface area (Å²) in [5.41, 5.74) is 6.78. The Morgan fingerprint density at radius 3 is 3.00 bits per heavy atom. The Morgan fingerprint density at radius 1 is 1.60 bits per heavy atom. The van der Waals surface area contributed by atoms with Crippen LogP contribution in [0, 0.1) is 16.0 Å². The maximum Gasteiger partial charge on any atom is 0.273 e. The van der Waals surface area contributed by atoms with Crippen LogP contribution >= 0.6 is 11.6 Å². The van der Waals surface area contributed by atoms with Crippen LogP contribution in [0.5, 0.6) is 0 Å². The zero-order chi connectivity index (χ0) is 14.7. The Hall–Kier alpha value is -1.17. The first-order valence-electron chi connectivity index (χ1n) is 6.88. The van der Waals surface area contributed by atoms with Gasteiger partial charge in [-0.3, -0.25) is 15.0 Å². The van der Waals surface area contributed by atoms with Gasteiger partial charge in [0.1, 0.15) is 0 Å². The second-order valence-corrected chi connectivity index (χ2v) is 5.96. The molecule has 1 aliphatic rings. The average Bonchev–Trinajstić information content (AvgIpc) is 2.38. The predicted octanol–water partition coefficient (Wildman–Crippen LogP) is 2.81. The zero-order valence-electron chi connectivity index (χ0n) is 11.6. The number of nitrogens with zero attached hydrogens (tertiary/aromatic N) is 2. The van der Waals surface area contributed by atoms with Crippen molar-refractivity contribution in [3.05, 3.63) is 38.9 Å². The molecule has 0 aromatic heterocycles. The summed E-state index contributed by atoms with van der Waals surface area (Å²) in [6.07, 6.45) is 2.21. The largest absolute Gasteiger partial charge is 0.328 e. The molecule has 1 aliphatic heterocycles. The van der Waals surface area contributed by atoms with Crippen molar-refractivity contribution < 1.29 is 4.92 Å². The lowest BCUT2D eigenvalue weighted by molar-refractivity contribution is -0.385. The molecular formula is C14H20ClN3O2. The normalized spacial score (nSPS) is 21.6. The fraction of sp³-hybridized carbons (Fsp3) is 0.571. The summed E-state index contributed by atoms with van der Waals surface area (Å²) in [6, 6.07) is 4.89. The topological polar surface area (TPSA) is 72.4 Å². The van der Waals surface area contributed by atoms with E-state index < -0.39 is 0 Å². The third-order valence-electron chi connectivity index (χ3n) is 3.92. The molecular weight excluding hydrogens is 278 g/mol. The summed E-state index contributed by atoms with van der Waals surface area (Å²) in [7, 11) is 0. The van der Waals surface area contributed by atoms with Gasteiger partial charge in [0.05, 0.1) is 4.92 Å². The van der Waals surface area contributed by atoms with Crippen LogP contribution in [0.25, 0.3) is 0 Å². The average molecular weight is 298 g/mol. The number of hydrogen-bond acceptors (Lipinski definition) is 4. The molecule has 0 aliphatic carbocycles. The molecule has 110 valence electrons. The first kappa shape index (κ1) is 15.2. The molecule has 2 unspecified atom stereocenters. The molecule has 0 bridgehead atoms. The lowest BCUT2D eigenvalue weighted by atomic mass is 9.92. The van der Waals surface area contributed by atoms with E-state index in [2.05, 4.69) is 4.90 Å². The minimum atomic E-state index is -0.349. The zero-order valence-corrected chi connectivity index (χ0v) is 12.3. The summed E-state index contributed by atoms with van der Waals surface area (Å²) in [5, 5.41) is 11.6. The second kappa shape index (κ2) is 6.52. The van der Waals surface area contributed by atoms with Gasteiger partial charge in [-0.15, -0.1) is 0 Å². The van der Waals surface area contributed by atoms with E-state index in [1.54, 1.807) is 12.1 Å². The van der Waals surface area contributed by atoms with Gasteiger partial charge in [0.2, 0.25) is 0 Å². The standard InChI is InChI=1S/C14H20ClN3O2/c1-10(16)11-3-2-6-17(8-11)9-12-7-13(15)4-5-14(12)18(19)20/h4-5,7,10-11H,2-3,6,8-9,16H2,1H3. The molecule has 2 atom stereocenters. The number of piperidine rings is 1. The van der Waals surface area contributed by atoms with Gasteiger partial charge in [0.25, 0.3) is 5.69 Å². The molecule has 6 heteroatoms. The smallest absolute Gasteiger partial charge is 0.273 e. The quantitative estimate of drug-likeness (QED) is 0.685. The van der Waals surface area contributed by atoms with Crippen molar-refractivity contribution in [1.82, 2.24) is 4.90 Å². The number of likely N-dealkylation sites (tertiary alicyclic amines) is 1. The molecule has 0 radical (unpaired) electrons. The highest BCUT2D eigenvalue weighted by atomic mass is 35.5. The molecule has 0 spiro atoms. The van der Waals surface area contributed by atoms with E-state index in [-0.39, 0.29) is 16.7 Å². The monoisotopic (exact) mass is 297 g/mol. The van der Waals surface area contributed by atoms with E-state index >= 15 is 0 Å². The highest BCUT2D eigenvalue weighted by molar-refractivity contribution is 6.30. The summed E-state index contributed by atoms with van der Waals surface area (Å²) in [4.78, 5) is 13.0. The molecule has 0 amide bonds. The van der Waals surface area contributed by atoms with Gasteiger partial charge in [-0.05, 0) is 44.4 Å². The van der Waals surface area contributed by atoms with Gasteiger partial charge in [-0.1, -0.05) is 11.6 Å². The van der Waals surface area contributed by atoms with Crippen LogP contribution < -0.4 is 5.73 Å². The van der Waals surface area contributed by atoms with Crippen molar-refractivity contribution in [3.63, 3.8) is 0 Å². The molecule has 1 aromatic carbocycles.